The zero-order chi connectivity index (χ0) is 13.8. The molecule has 0 radical (unpaired) electrons. The number of para-hydroxylation sites is 1. The first-order valence-electron chi connectivity index (χ1n) is 6.16. The molecule has 0 saturated heterocycles. The van der Waals surface area contributed by atoms with Crippen molar-refractivity contribution in [2.75, 3.05) is 6.61 Å². The molecule has 5 nitrogen and oxygen atoms in total. The summed E-state index contributed by atoms with van der Waals surface area (Å²) in [6.45, 7) is 4.21. The van der Waals surface area contributed by atoms with Crippen LogP contribution in [0.15, 0.2) is 40.3 Å². The molecule has 1 heterocycles. The molecule has 2 rings (SSSR count). The maximum absolute atomic E-state index is 12.4. The van der Waals surface area contributed by atoms with Gasteiger partial charge in [0.25, 0.3) is 5.56 Å². The number of rotatable bonds is 4. The Bertz CT molecular complexity index is 639. The van der Waals surface area contributed by atoms with E-state index in [-0.39, 0.29) is 5.56 Å². The van der Waals surface area contributed by atoms with Gasteiger partial charge in [-0.2, -0.15) is 0 Å². The first kappa shape index (κ1) is 13.1. The van der Waals surface area contributed by atoms with Gasteiger partial charge in [0.05, 0.1) is 17.5 Å². The average Bonchev–Trinajstić information content (AvgIpc) is 2.64. The van der Waals surface area contributed by atoms with Crippen molar-refractivity contribution >= 4 is 6.21 Å². The van der Waals surface area contributed by atoms with Crippen molar-refractivity contribution in [3.05, 3.63) is 51.9 Å². The van der Waals surface area contributed by atoms with Crippen LogP contribution < -0.4 is 5.56 Å². The van der Waals surface area contributed by atoms with Crippen molar-refractivity contribution < 1.29 is 4.84 Å². The van der Waals surface area contributed by atoms with Crippen LogP contribution in [-0.4, -0.2) is 22.2 Å². The van der Waals surface area contributed by atoms with E-state index in [0.29, 0.717) is 12.2 Å². The number of aromatic nitrogens is 2. The van der Waals surface area contributed by atoms with E-state index >= 15 is 0 Å². The Morgan fingerprint density at radius 1 is 1.32 bits per heavy atom. The summed E-state index contributed by atoms with van der Waals surface area (Å²) in [4.78, 5) is 17.3. The molecule has 19 heavy (non-hydrogen) atoms. The molecule has 0 aliphatic rings. The van der Waals surface area contributed by atoms with E-state index in [4.69, 9.17) is 4.84 Å². The summed E-state index contributed by atoms with van der Waals surface area (Å²) in [5.74, 6) is 0. The van der Waals surface area contributed by atoms with Gasteiger partial charge in [-0.1, -0.05) is 23.4 Å². The Balaban J connectivity index is 2.53. The highest BCUT2D eigenvalue weighted by atomic mass is 16.6. The van der Waals surface area contributed by atoms with Crippen LogP contribution in [-0.2, 0) is 11.9 Å². The smallest absolute Gasteiger partial charge is 0.280 e. The second kappa shape index (κ2) is 5.56. The lowest BCUT2D eigenvalue weighted by molar-refractivity contribution is 0.160. The van der Waals surface area contributed by atoms with E-state index in [1.54, 1.807) is 4.68 Å². The van der Waals surface area contributed by atoms with Gasteiger partial charge in [-0.15, -0.1) is 0 Å². The monoisotopic (exact) mass is 259 g/mol. The number of benzene rings is 1. The largest absolute Gasteiger partial charge is 0.396 e. The SMILES string of the molecule is CCON=Cc1c(C)n(C)n(-c2ccccc2)c1=O. The summed E-state index contributed by atoms with van der Waals surface area (Å²) in [5, 5.41) is 3.78. The minimum atomic E-state index is -0.102. The second-order valence-corrected chi connectivity index (χ2v) is 4.13. The van der Waals surface area contributed by atoms with E-state index in [2.05, 4.69) is 5.16 Å². The van der Waals surface area contributed by atoms with Crippen LogP contribution >= 0.6 is 0 Å². The van der Waals surface area contributed by atoms with Crippen molar-refractivity contribution in [3.63, 3.8) is 0 Å². The van der Waals surface area contributed by atoms with Gasteiger partial charge >= 0.3 is 0 Å². The van der Waals surface area contributed by atoms with Gasteiger partial charge in [0.1, 0.15) is 6.61 Å². The fourth-order valence-electron chi connectivity index (χ4n) is 1.90. The topological polar surface area (TPSA) is 48.5 Å². The predicted molar refractivity (Wildman–Crippen MR) is 75.0 cm³/mol. The van der Waals surface area contributed by atoms with Crippen molar-refractivity contribution in [2.45, 2.75) is 13.8 Å². The number of hydrogen-bond donors (Lipinski definition) is 0. The Morgan fingerprint density at radius 3 is 2.63 bits per heavy atom. The summed E-state index contributed by atoms with van der Waals surface area (Å²) < 4.78 is 3.42. The zero-order valence-corrected chi connectivity index (χ0v) is 11.3. The van der Waals surface area contributed by atoms with Gasteiger partial charge in [0, 0.05) is 12.7 Å². The molecule has 0 amide bonds. The molecule has 0 unspecified atom stereocenters. The molecule has 0 aliphatic heterocycles. The highest BCUT2D eigenvalue weighted by molar-refractivity contribution is 5.80. The zero-order valence-electron chi connectivity index (χ0n) is 11.3. The van der Waals surface area contributed by atoms with Crippen LogP contribution in [0, 0.1) is 6.92 Å². The molecule has 1 aromatic carbocycles. The number of hydrogen-bond acceptors (Lipinski definition) is 3. The van der Waals surface area contributed by atoms with Crippen LogP contribution in [0.2, 0.25) is 0 Å². The van der Waals surface area contributed by atoms with Crippen molar-refractivity contribution in [2.24, 2.45) is 12.2 Å². The molecule has 0 saturated carbocycles. The second-order valence-electron chi connectivity index (χ2n) is 4.13. The van der Waals surface area contributed by atoms with Crippen molar-refractivity contribution in [1.82, 2.24) is 9.36 Å². The average molecular weight is 259 g/mol. The first-order chi connectivity index (χ1) is 9.16. The van der Waals surface area contributed by atoms with E-state index in [1.165, 1.54) is 6.21 Å². The van der Waals surface area contributed by atoms with Crippen LogP contribution in [0.3, 0.4) is 0 Å². The quantitative estimate of drug-likeness (QED) is 0.621. The van der Waals surface area contributed by atoms with Crippen LogP contribution in [0.5, 0.6) is 0 Å². The molecule has 1 aromatic heterocycles. The fourth-order valence-corrected chi connectivity index (χ4v) is 1.90. The van der Waals surface area contributed by atoms with E-state index in [0.717, 1.165) is 11.4 Å². The Kier molecular flexibility index (Phi) is 3.85. The normalized spacial score (nSPS) is 11.1. The molecule has 0 aliphatic carbocycles. The Labute approximate surface area is 111 Å². The lowest BCUT2D eigenvalue weighted by Crippen LogP contribution is -2.20. The lowest BCUT2D eigenvalue weighted by atomic mass is 10.3. The highest BCUT2D eigenvalue weighted by Crippen LogP contribution is 2.08. The molecule has 0 N–H and O–H groups in total. The third-order valence-corrected chi connectivity index (χ3v) is 2.98. The molecule has 0 spiro atoms. The number of oxime groups is 1. The van der Waals surface area contributed by atoms with Crippen LogP contribution in [0.4, 0.5) is 0 Å². The van der Waals surface area contributed by atoms with Gasteiger partial charge in [-0.25, -0.2) is 4.68 Å². The summed E-state index contributed by atoms with van der Waals surface area (Å²) in [6, 6.07) is 9.51. The summed E-state index contributed by atoms with van der Waals surface area (Å²) >= 11 is 0. The molecule has 0 atom stereocenters. The molecular formula is C14H17N3O2. The lowest BCUT2D eigenvalue weighted by Gasteiger charge is -2.07. The third-order valence-electron chi connectivity index (χ3n) is 2.98. The van der Waals surface area contributed by atoms with Crippen LogP contribution in [0.25, 0.3) is 5.69 Å². The van der Waals surface area contributed by atoms with Crippen molar-refractivity contribution in [3.8, 4) is 5.69 Å². The maximum Gasteiger partial charge on any atom is 0.280 e. The predicted octanol–water partition coefficient (Wildman–Crippen LogP) is 1.85. The number of nitrogens with zero attached hydrogens (tertiary/aromatic N) is 3. The van der Waals surface area contributed by atoms with Gasteiger partial charge in [0.2, 0.25) is 0 Å². The van der Waals surface area contributed by atoms with Crippen LogP contribution in [0.1, 0.15) is 18.2 Å². The third kappa shape index (κ3) is 2.45. The fraction of sp³-hybridized carbons (Fsp3) is 0.286. The Hall–Kier alpha value is -2.30. The molecule has 2 aromatic rings. The first-order valence-corrected chi connectivity index (χ1v) is 6.16. The summed E-state index contributed by atoms with van der Waals surface area (Å²) in [6.07, 6.45) is 1.47. The maximum atomic E-state index is 12.4. The Morgan fingerprint density at radius 2 is 2.00 bits per heavy atom. The van der Waals surface area contributed by atoms with E-state index < -0.39 is 0 Å². The van der Waals surface area contributed by atoms with Gasteiger partial charge in [-0.3, -0.25) is 9.48 Å². The van der Waals surface area contributed by atoms with Gasteiger partial charge < -0.3 is 4.84 Å². The summed E-state index contributed by atoms with van der Waals surface area (Å²) in [5.41, 5.74) is 2.11. The standard InChI is InChI=1S/C14H17N3O2/c1-4-19-15-10-13-11(2)16(3)17(14(13)18)12-8-6-5-7-9-12/h5-10H,4H2,1-3H3. The molecular weight excluding hydrogens is 242 g/mol. The van der Waals surface area contributed by atoms with E-state index in [1.807, 2.05) is 55.9 Å². The summed E-state index contributed by atoms with van der Waals surface area (Å²) in [7, 11) is 1.85. The minimum absolute atomic E-state index is 0.102. The van der Waals surface area contributed by atoms with Crippen molar-refractivity contribution in [1.29, 1.82) is 0 Å². The highest BCUT2D eigenvalue weighted by Gasteiger charge is 2.14. The van der Waals surface area contributed by atoms with Gasteiger partial charge in [-0.05, 0) is 26.0 Å². The molecule has 5 heteroatoms. The molecule has 100 valence electrons. The van der Waals surface area contributed by atoms with Gasteiger partial charge in [0.15, 0.2) is 0 Å². The molecule has 0 fully saturated rings. The minimum Gasteiger partial charge on any atom is -0.396 e. The molecule has 0 bridgehead atoms. The van der Waals surface area contributed by atoms with E-state index in [9.17, 15) is 4.79 Å².